The molecule has 0 atom stereocenters. The van der Waals surface area contributed by atoms with E-state index >= 15 is 0 Å². The zero-order chi connectivity index (χ0) is 13.8. The lowest BCUT2D eigenvalue weighted by Gasteiger charge is -2.26. The average molecular weight is 277 g/mol. The lowest BCUT2D eigenvalue weighted by molar-refractivity contribution is -0.130. The molecule has 1 aliphatic rings. The third kappa shape index (κ3) is 4.27. The Morgan fingerprint density at radius 2 is 2.16 bits per heavy atom. The van der Waals surface area contributed by atoms with Crippen LogP contribution in [0.15, 0.2) is 24.3 Å². The van der Waals surface area contributed by atoms with Gasteiger partial charge in [-0.1, -0.05) is 29.8 Å². The normalized spacial score (nSPS) is 14.7. The molecule has 0 N–H and O–H groups in total. The Morgan fingerprint density at radius 1 is 1.42 bits per heavy atom. The van der Waals surface area contributed by atoms with Crippen LogP contribution in [0.2, 0.25) is 0 Å². The van der Waals surface area contributed by atoms with E-state index in [0.717, 1.165) is 5.75 Å². The standard InChI is InChI=1S/C16H23NOS/c1-12(2)17(15-7-8-15)16(18)11-19-10-14-6-4-5-13(3)9-14/h4-6,9,12,15H,7-8,10-11H2,1-3H3. The maximum Gasteiger partial charge on any atom is 0.233 e. The van der Waals surface area contributed by atoms with E-state index in [2.05, 4.69) is 49.9 Å². The number of hydrogen-bond donors (Lipinski definition) is 0. The SMILES string of the molecule is Cc1cccc(CSCC(=O)N(C(C)C)C2CC2)c1. The molecule has 0 aromatic heterocycles. The number of amides is 1. The maximum atomic E-state index is 12.2. The Morgan fingerprint density at radius 3 is 2.74 bits per heavy atom. The highest BCUT2D eigenvalue weighted by atomic mass is 32.2. The summed E-state index contributed by atoms with van der Waals surface area (Å²) in [5.41, 5.74) is 2.59. The molecule has 1 aliphatic carbocycles. The summed E-state index contributed by atoms with van der Waals surface area (Å²) >= 11 is 1.72. The zero-order valence-corrected chi connectivity index (χ0v) is 12.9. The molecule has 0 saturated heterocycles. The van der Waals surface area contributed by atoms with E-state index in [-0.39, 0.29) is 0 Å². The third-order valence-corrected chi connectivity index (χ3v) is 4.35. The van der Waals surface area contributed by atoms with Crippen LogP contribution in [0.3, 0.4) is 0 Å². The van der Waals surface area contributed by atoms with Gasteiger partial charge in [0.2, 0.25) is 5.91 Å². The number of nitrogens with zero attached hydrogens (tertiary/aromatic N) is 1. The molecule has 0 spiro atoms. The van der Waals surface area contributed by atoms with E-state index in [1.807, 2.05) is 0 Å². The molecule has 1 fully saturated rings. The fourth-order valence-corrected chi connectivity index (χ4v) is 3.24. The fraction of sp³-hybridized carbons (Fsp3) is 0.562. The molecule has 1 saturated carbocycles. The number of benzene rings is 1. The Labute approximate surface area is 120 Å². The average Bonchev–Trinajstić information content (AvgIpc) is 3.13. The van der Waals surface area contributed by atoms with Crippen LogP contribution in [0.25, 0.3) is 0 Å². The largest absolute Gasteiger partial charge is 0.337 e. The van der Waals surface area contributed by atoms with Crippen LogP contribution in [0.4, 0.5) is 0 Å². The predicted molar refractivity (Wildman–Crippen MR) is 82.3 cm³/mol. The van der Waals surface area contributed by atoms with E-state index in [1.165, 1.54) is 24.0 Å². The molecule has 1 amide bonds. The summed E-state index contributed by atoms with van der Waals surface area (Å²) in [4.78, 5) is 14.3. The van der Waals surface area contributed by atoms with Crippen LogP contribution < -0.4 is 0 Å². The van der Waals surface area contributed by atoms with Gasteiger partial charge in [0.15, 0.2) is 0 Å². The molecule has 3 heteroatoms. The number of aryl methyl sites for hydroxylation is 1. The molecule has 1 aromatic carbocycles. The summed E-state index contributed by atoms with van der Waals surface area (Å²) in [6, 6.07) is 9.36. The first-order valence-electron chi connectivity index (χ1n) is 7.02. The van der Waals surface area contributed by atoms with Crippen molar-refractivity contribution in [1.29, 1.82) is 0 Å². The number of hydrogen-bond acceptors (Lipinski definition) is 2. The van der Waals surface area contributed by atoms with Crippen molar-refractivity contribution < 1.29 is 4.79 Å². The first-order valence-corrected chi connectivity index (χ1v) is 8.18. The second kappa shape index (κ2) is 6.47. The minimum atomic E-state index is 0.301. The first-order chi connectivity index (χ1) is 9.08. The van der Waals surface area contributed by atoms with Crippen LogP contribution in [-0.4, -0.2) is 28.6 Å². The summed E-state index contributed by atoms with van der Waals surface area (Å²) in [5.74, 6) is 1.82. The van der Waals surface area contributed by atoms with Gasteiger partial charge < -0.3 is 4.90 Å². The highest BCUT2D eigenvalue weighted by Crippen LogP contribution is 2.29. The van der Waals surface area contributed by atoms with Crippen LogP contribution >= 0.6 is 11.8 Å². The van der Waals surface area contributed by atoms with Crippen molar-refractivity contribution in [1.82, 2.24) is 4.90 Å². The van der Waals surface area contributed by atoms with Gasteiger partial charge in [-0.05, 0) is 39.2 Å². The van der Waals surface area contributed by atoms with E-state index in [4.69, 9.17) is 0 Å². The summed E-state index contributed by atoms with van der Waals surface area (Å²) in [7, 11) is 0. The molecule has 0 bridgehead atoms. The Hall–Kier alpha value is -0.960. The number of rotatable bonds is 6. The van der Waals surface area contributed by atoms with Gasteiger partial charge in [-0.3, -0.25) is 4.79 Å². The van der Waals surface area contributed by atoms with Crippen molar-refractivity contribution in [2.45, 2.75) is 51.4 Å². The number of carbonyl (C=O) groups excluding carboxylic acids is 1. The summed E-state index contributed by atoms with van der Waals surface area (Å²) in [6.45, 7) is 6.33. The lowest BCUT2D eigenvalue weighted by Crippen LogP contribution is -2.39. The minimum absolute atomic E-state index is 0.301. The van der Waals surface area contributed by atoms with Crippen LogP contribution in [-0.2, 0) is 10.5 Å². The topological polar surface area (TPSA) is 20.3 Å². The van der Waals surface area contributed by atoms with Crippen molar-refractivity contribution in [3.8, 4) is 0 Å². The second-order valence-electron chi connectivity index (χ2n) is 5.61. The van der Waals surface area contributed by atoms with E-state index in [1.54, 1.807) is 11.8 Å². The quantitative estimate of drug-likeness (QED) is 0.791. The molecule has 19 heavy (non-hydrogen) atoms. The second-order valence-corrected chi connectivity index (χ2v) is 6.59. The van der Waals surface area contributed by atoms with Gasteiger partial charge in [-0.15, -0.1) is 11.8 Å². The molecule has 2 nitrogen and oxygen atoms in total. The Kier molecular flexibility index (Phi) is 4.92. The molecule has 0 aliphatic heterocycles. The molecule has 2 rings (SSSR count). The molecule has 0 heterocycles. The molecule has 1 aromatic rings. The summed E-state index contributed by atoms with van der Waals surface area (Å²) < 4.78 is 0. The van der Waals surface area contributed by atoms with Gasteiger partial charge in [0.1, 0.15) is 0 Å². The Balaban J connectivity index is 1.80. The van der Waals surface area contributed by atoms with Gasteiger partial charge in [0.25, 0.3) is 0 Å². The Bertz CT molecular complexity index is 438. The highest BCUT2D eigenvalue weighted by Gasteiger charge is 2.33. The van der Waals surface area contributed by atoms with Crippen molar-refractivity contribution in [2.75, 3.05) is 5.75 Å². The smallest absolute Gasteiger partial charge is 0.233 e. The van der Waals surface area contributed by atoms with Crippen LogP contribution in [0.1, 0.15) is 37.8 Å². The van der Waals surface area contributed by atoms with Gasteiger partial charge in [0.05, 0.1) is 5.75 Å². The van der Waals surface area contributed by atoms with Crippen molar-refractivity contribution in [3.05, 3.63) is 35.4 Å². The zero-order valence-electron chi connectivity index (χ0n) is 12.1. The van der Waals surface area contributed by atoms with Crippen LogP contribution in [0, 0.1) is 6.92 Å². The van der Waals surface area contributed by atoms with E-state index in [0.29, 0.717) is 23.7 Å². The molecular weight excluding hydrogens is 254 g/mol. The van der Waals surface area contributed by atoms with E-state index in [9.17, 15) is 4.79 Å². The van der Waals surface area contributed by atoms with Crippen molar-refractivity contribution in [3.63, 3.8) is 0 Å². The number of carbonyl (C=O) groups is 1. The fourth-order valence-electron chi connectivity index (χ4n) is 2.40. The molecule has 0 radical (unpaired) electrons. The predicted octanol–water partition coefficient (Wildman–Crippen LogP) is 3.63. The lowest BCUT2D eigenvalue weighted by atomic mass is 10.2. The van der Waals surface area contributed by atoms with Gasteiger partial charge in [-0.2, -0.15) is 0 Å². The summed E-state index contributed by atoms with van der Waals surface area (Å²) in [6.07, 6.45) is 2.37. The monoisotopic (exact) mass is 277 g/mol. The van der Waals surface area contributed by atoms with Gasteiger partial charge >= 0.3 is 0 Å². The molecular formula is C16H23NOS. The van der Waals surface area contributed by atoms with Crippen molar-refractivity contribution in [2.24, 2.45) is 0 Å². The maximum absolute atomic E-state index is 12.2. The minimum Gasteiger partial charge on any atom is -0.337 e. The van der Waals surface area contributed by atoms with Crippen molar-refractivity contribution >= 4 is 17.7 Å². The molecule has 0 unspecified atom stereocenters. The number of thioether (sulfide) groups is 1. The van der Waals surface area contributed by atoms with Gasteiger partial charge in [0, 0.05) is 17.8 Å². The molecule has 104 valence electrons. The first kappa shape index (κ1) is 14.4. The van der Waals surface area contributed by atoms with Crippen LogP contribution in [0.5, 0.6) is 0 Å². The third-order valence-electron chi connectivity index (χ3n) is 3.36. The highest BCUT2D eigenvalue weighted by molar-refractivity contribution is 7.99. The van der Waals surface area contributed by atoms with E-state index < -0.39 is 0 Å². The summed E-state index contributed by atoms with van der Waals surface area (Å²) in [5, 5.41) is 0. The van der Waals surface area contributed by atoms with Gasteiger partial charge in [-0.25, -0.2) is 0 Å².